The quantitative estimate of drug-likeness (QED) is 0.271. The maximum atomic E-state index is 13.9. The molecule has 1 saturated heterocycles. The third-order valence-corrected chi connectivity index (χ3v) is 8.72. The van der Waals surface area contributed by atoms with Gasteiger partial charge < -0.3 is 25.0 Å². The number of hydrogen-bond acceptors (Lipinski definition) is 6. The van der Waals surface area contributed by atoms with Gasteiger partial charge in [-0.05, 0) is 48.6 Å². The van der Waals surface area contributed by atoms with Crippen LogP contribution in [0, 0.1) is 0 Å². The van der Waals surface area contributed by atoms with E-state index >= 15 is 0 Å². The van der Waals surface area contributed by atoms with Crippen LogP contribution < -0.4 is 10.6 Å². The summed E-state index contributed by atoms with van der Waals surface area (Å²) in [6.07, 6.45) is 5.24. The van der Waals surface area contributed by atoms with Crippen molar-refractivity contribution < 1.29 is 23.9 Å². The molecule has 3 heterocycles. The summed E-state index contributed by atoms with van der Waals surface area (Å²) >= 11 is 0. The third-order valence-electron chi connectivity index (χ3n) is 8.72. The number of likely N-dealkylation sites (tertiary alicyclic amines) is 1. The van der Waals surface area contributed by atoms with Gasteiger partial charge in [0.2, 0.25) is 5.91 Å². The van der Waals surface area contributed by atoms with E-state index in [0.717, 1.165) is 16.8 Å². The Balaban J connectivity index is 1.21. The topological polar surface area (TPSA) is 97.0 Å². The first-order chi connectivity index (χ1) is 21.5. The average Bonchev–Trinajstić information content (AvgIpc) is 3.64. The van der Waals surface area contributed by atoms with Gasteiger partial charge in [0.15, 0.2) is 0 Å². The Hall–Kier alpha value is -4.69. The first-order valence-electron chi connectivity index (χ1n) is 15.1. The fraction of sp³-hybridized carbons (Fsp3) is 0.306. The predicted molar refractivity (Wildman–Crippen MR) is 168 cm³/mol. The number of fused-ring (bicyclic) bond motifs is 2. The van der Waals surface area contributed by atoms with Crippen LogP contribution in [-0.4, -0.2) is 66.7 Å². The minimum absolute atomic E-state index is 0.0839. The Kier molecular flexibility index (Phi) is 8.61. The number of carbonyl (C=O) groups excluding carboxylic acids is 3. The number of piperidine rings is 1. The molecule has 3 aliphatic rings. The molecule has 226 valence electrons. The number of amides is 2. The molecule has 0 aliphatic carbocycles. The van der Waals surface area contributed by atoms with E-state index in [2.05, 4.69) is 10.6 Å². The Morgan fingerprint density at radius 3 is 2.16 bits per heavy atom. The van der Waals surface area contributed by atoms with Gasteiger partial charge in [0.1, 0.15) is 11.7 Å². The number of methoxy groups -OCH3 is 1. The summed E-state index contributed by atoms with van der Waals surface area (Å²) in [6.45, 7) is 1.12. The smallest absolute Gasteiger partial charge is 0.337 e. The molecule has 3 aromatic rings. The molecule has 6 rings (SSSR count). The second-order valence-corrected chi connectivity index (χ2v) is 11.5. The fourth-order valence-corrected chi connectivity index (χ4v) is 6.47. The van der Waals surface area contributed by atoms with Crippen LogP contribution in [0.2, 0.25) is 0 Å². The summed E-state index contributed by atoms with van der Waals surface area (Å²) in [5.74, 6) is -0.842. The first-order valence-corrected chi connectivity index (χ1v) is 15.1. The highest BCUT2D eigenvalue weighted by Crippen LogP contribution is 2.47. The lowest BCUT2D eigenvalue weighted by Gasteiger charge is -2.36. The molecule has 8 nitrogen and oxygen atoms in total. The van der Waals surface area contributed by atoms with Crippen molar-refractivity contribution in [3.63, 3.8) is 0 Å². The van der Waals surface area contributed by atoms with Crippen molar-refractivity contribution in [2.24, 2.45) is 0 Å². The van der Waals surface area contributed by atoms with E-state index in [1.807, 2.05) is 108 Å². The van der Waals surface area contributed by atoms with Gasteiger partial charge in [0.25, 0.3) is 5.91 Å². The fourth-order valence-electron chi connectivity index (χ4n) is 6.47. The summed E-state index contributed by atoms with van der Waals surface area (Å²) in [6, 6.07) is 28.9. The van der Waals surface area contributed by atoms with Crippen LogP contribution in [-0.2, 0) is 36.7 Å². The zero-order valence-electron chi connectivity index (χ0n) is 24.8. The number of ether oxygens (including phenoxy) is 2. The summed E-state index contributed by atoms with van der Waals surface area (Å²) in [5.41, 5.74) is 2.23. The highest BCUT2D eigenvalue weighted by molar-refractivity contribution is 6.07. The lowest BCUT2D eigenvalue weighted by Crippen LogP contribution is -2.50. The van der Waals surface area contributed by atoms with Crippen LogP contribution >= 0.6 is 0 Å². The molecule has 1 fully saturated rings. The maximum absolute atomic E-state index is 13.9. The number of nitrogens with zero attached hydrogens (tertiary/aromatic N) is 1. The number of benzene rings is 3. The first kappa shape index (κ1) is 29.4. The number of anilines is 1. The Bertz CT molecular complexity index is 1510. The van der Waals surface area contributed by atoms with Crippen molar-refractivity contribution in [3.05, 3.63) is 125 Å². The number of para-hydroxylation sites is 1. The molecule has 0 radical (unpaired) electrons. The third kappa shape index (κ3) is 6.03. The zero-order valence-corrected chi connectivity index (χ0v) is 24.8. The molecule has 0 aromatic heterocycles. The van der Waals surface area contributed by atoms with Crippen molar-refractivity contribution in [2.45, 2.75) is 49.5 Å². The summed E-state index contributed by atoms with van der Waals surface area (Å²) in [5, 5.41) is 6.73. The summed E-state index contributed by atoms with van der Waals surface area (Å²) in [7, 11) is 1.33. The van der Waals surface area contributed by atoms with Crippen molar-refractivity contribution >= 4 is 23.5 Å². The van der Waals surface area contributed by atoms with E-state index in [4.69, 9.17) is 9.47 Å². The van der Waals surface area contributed by atoms with Crippen molar-refractivity contribution in [1.82, 2.24) is 10.2 Å². The van der Waals surface area contributed by atoms with Gasteiger partial charge in [-0.25, -0.2) is 4.79 Å². The minimum atomic E-state index is -1.21. The molecule has 3 atom stereocenters. The second kappa shape index (κ2) is 12.9. The number of nitrogens with one attached hydrogen (secondary N) is 2. The van der Waals surface area contributed by atoms with Gasteiger partial charge in [0.05, 0.1) is 30.7 Å². The normalized spacial score (nSPS) is 21.7. The van der Waals surface area contributed by atoms with Gasteiger partial charge >= 0.3 is 5.97 Å². The van der Waals surface area contributed by atoms with Gasteiger partial charge in [-0.3, -0.25) is 9.59 Å². The number of carbonyl (C=O) groups is 3. The largest absolute Gasteiger partial charge is 0.466 e. The van der Waals surface area contributed by atoms with Crippen LogP contribution in [0.1, 0.15) is 24.0 Å². The molecule has 44 heavy (non-hydrogen) atoms. The van der Waals surface area contributed by atoms with Gasteiger partial charge in [-0.1, -0.05) is 84.9 Å². The molecule has 8 heteroatoms. The molecule has 3 aliphatic heterocycles. The Morgan fingerprint density at radius 2 is 1.52 bits per heavy atom. The summed E-state index contributed by atoms with van der Waals surface area (Å²) < 4.78 is 11.8. The molecular formula is C36H37N3O5. The van der Waals surface area contributed by atoms with Gasteiger partial charge in [-0.15, -0.1) is 0 Å². The van der Waals surface area contributed by atoms with E-state index in [1.165, 1.54) is 7.11 Å². The van der Waals surface area contributed by atoms with Crippen molar-refractivity contribution in [2.75, 3.05) is 25.5 Å². The van der Waals surface area contributed by atoms with Crippen molar-refractivity contribution in [1.29, 1.82) is 0 Å². The highest BCUT2D eigenvalue weighted by Gasteiger charge is 2.58. The van der Waals surface area contributed by atoms with E-state index in [1.54, 1.807) is 0 Å². The second-order valence-electron chi connectivity index (χ2n) is 11.5. The molecule has 2 N–H and O–H groups in total. The molecule has 2 amide bonds. The predicted octanol–water partition coefficient (Wildman–Crippen LogP) is 4.24. The van der Waals surface area contributed by atoms with Crippen LogP contribution in [0.15, 0.2) is 114 Å². The molecular weight excluding hydrogens is 554 g/mol. The van der Waals surface area contributed by atoms with E-state index in [-0.39, 0.29) is 29.0 Å². The average molecular weight is 592 g/mol. The molecule has 3 aromatic carbocycles. The monoisotopic (exact) mass is 591 g/mol. The molecule has 0 saturated carbocycles. The molecule has 3 unspecified atom stereocenters. The zero-order chi connectivity index (χ0) is 30.5. The van der Waals surface area contributed by atoms with Gasteiger partial charge in [-0.2, -0.15) is 0 Å². The van der Waals surface area contributed by atoms with Crippen LogP contribution in [0.4, 0.5) is 5.69 Å². The Labute approximate surface area is 257 Å². The number of rotatable bonds is 10. The van der Waals surface area contributed by atoms with Crippen LogP contribution in [0.3, 0.4) is 0 Å². The summed E-state index contributed by atoms with van der Waals surface area (Å²) in [4.78, 5) is 42.0. The molecule has 0 spiro atoms. The van der Waals surface area contributed by atoms with Gasteiger partial charge in [0, 0.05) is 24.8 Å². The lowest BCUT2D eigenvalue weighted by atomic mass is 9.78. The van der Waals surface area contributed by atoms with E-state index in [0.29, 0.717) is 38.8 Å². The number of hydrogen-bond donors (Lipinski definition) is 2. The SMILES string of the molecule is COC(=O)C1=C(C(=O)NC2CCN(C(=O)Cc3ccccc3)CC2)C2C=CC1(C(Cc1ccccc1)Nc1ccccc1)O2. The van der Waals surface area contributed by atoms with Crippen LogP contribution in [0.25, 0.3) is 0 Å². The Morgan fingerprint density at radius 1 is 0.909 bits per heavy atom. The van der Waals surface area contributed by atoms with E-state index in [9.17, 15) is 14.4 Å². The van der Waals surface area contributed by atoms with Crippen molar-refractivity contribution in [3.8, 4) is 0 Å². The lowest BCUT2D eigenvalue weighted by molar-refractivity contribution is -0.138. The standard InChI is InChI=1S/C36H37N3O5/c1-43-35(42)33-32(34(41)38-28-18-21-39(22-19-28)31(40)24-26-13-7-3-8-14-26)29-17-20-36(33,44-29)30(23-25-11-5-2-6-12-25)37-27-15-9-4-10-16-27/h2-17,20,28-30,37H,18-19,21-24H2,1H3,(H,38,41). The maximum Gasteiger partial charge on any atom is 0.337 e. The van der Waals surface area contributed by atoms with Crippen LogP contribution in [0.5, 0.6) is 0 Å². The van der Waals surface area contributed by atoms with E-state index < -0.39 is 23.7 Å². The number of esters is 1. The molecule has 2 bridgehead atoms. The highest BCUT2D eigenvalue weighted by atomic mass is 16.5. The minimum Gasteiger partial charge on any atom is -0.466 e.